The van der Waals surface area contributed by atoms with E-state index in [4.69, 9.17) is 15.6 Å². The van der Waals surface area contributed by atoms with Crippen LogP contribution in [0.15, 0.2) is 53.5 Å². The Hall–Kier alpha value is -3.15. The Morgan fingerprint density at radius 2 is 1.76 bits per heavy atom. The molecule has 0 aliphatic rings. The standard InChI is InChI=1S/C28H37IN4O5/c1-3-4-8-15-31-27(36)23(18-20-11-12-22(30)21(29)16-20)33-28(37)24(17-19-9-6-5-7-10-19)32-25(38-2)13-14-26(34)35/h5-7,9-12,16,23-24H,3-4,8,13-15,17-18,30H2,1-2H3,(H,31,36)(H,33,37)(H,34,35). The van der Waals surface area contributed by atoms with Crippen molar-refractivity contribution in [2.45, 2.75) is 64.0 Å². The summed E-state index contributed by atoms with van der Waals surface area (Å²) in [5.41, 5.74) is 8.33. The van der Waals surface area contributed by atoms with Crippen LogP contribution in [-0.2, 0) is 32.0 Å². The predicted molar refractivity (Wildman–Crippen MR) is 157 cm³/mol. The number of halogens is 1. The van der Waals surface area contributed by atoms with Gasteiger partial charge in [0, 0.05) is 35.1 Å². The Labute approximate surface area is 237 Å². The van der Waals surface area contributed by atoms with Crippen molar-refractivity contribution >= 4 is 52.0 Å². The van der Waals surface area contributed by atoms with Crippen LogP contribution in [0.25, 0.3) is 0 Å². The maximum Gasteiger partial charge on any atom is 0.303 e. The molecule has 0 saturated carbocycles. The highest BCUT2D eigenvalue weighted by molar-refractivity contribution is 14.1. The van der Waals surface area contributed by atoms with Gasteiger partial charge in [-0.2, -0.15) is 0 Å². The Morgan fingerprint density at radius 1 is 1.03 bits per heavy atom. The van der Waals surface area contributed by atoms with Gasteiger partial charge in [0.2, 0.25) is 11.8 Å². The van der Waals surface area contributed by atoms with E-state index in [1.807, 2.05) is 42.5 Å². The third kappa shape index (κ3) is 11.1. The average Bonchev–Trinajstić information content (AvgIpc) is 2.90. The molecule has 2 atom stereocenters. The number of nitrogens with two attached hydrogens (primary N) is 1. The van der Waals surface area contributed by atoms with Crippen LogP contribution in [0.2, 0.25) is 0 Å². The summed E-state index contributed by atoms with van der Waals surface area (Å²) in [5, 5.41) is 14.9. The van der Waals surface area contributed by atoms with Gasteiger partial charge < -0.3 is 26.2 Å². The van der Waals surface area contributed by atoms with Gasteiger partial charge in [-0.3, -0.25) is 14.4 Å². The number of carbonyl (C=O) groups is 3. The smallest absolute Gasteiger partial charge is 0.303 e. The number of amides is 2. The van der Waals surface area contributed by atoms with Gasteiger partial charge in [0.1, 0.15) is 12.1 Å². The van der Waals surface area contributed by atoms with Crippen LogP contribution < -0.4 is 16.4 Å². The molecular weight excluding hydrogens is 599 g/mol. The number of ether oxygens (including phenoxy) is 1. The zero-order valence-corrected chi connectivity index (χ0v) is 24.1. The lowest BCUT2D eigenvalue weighted by molar-refractivity contribution is -0.136. The van der Waals surface area contributed by atoms with Gasteiger partial charge in [-0.05, 0) is 52.3 Å². The molecule has 10 heteroatoms. The van der Waals surface area contributed by atoms with Crippen molar-refractivity contribution in [3.63, 3.8) is 0 Å². The van der Waals surface area contributed by atoms with Gasteiger partial charge in [0.05, 0.1) is 13.5 Å². The first-order valence-corrected chi connectivity index (χ1v) is 13.8. The molecule has 0 aliphatic carbocycles. The molecule has 206 valence electrons. The van der Waals surface area contributed by atoms with E-state index in [0.29, 0.717) is 12.2 Å². The van der Waals surface area contributed by atoms with E-state index in [9.17, 15) is 14.4 Å². The lowest BCUT2D eigenvalue weighted by atomic mass is 10.0. The largest absolute Gasteiger partial charge is 0.484 e. The van der Waals surface area contributed by atoms with Crippen LogP contribution in [-0.4, -0.2) is 54.5 Å². The van der Waals surface area contributed by atoms with Crippen LogP contribution >= 0.6 is 22.6 Å². The summed E-state index contributed by atoms with van der Waals surface area (Å²) in [6.45, 7) is 2.61. The van der Waals surface area contributed by atoms with Crippen LogP contribution in [0, 0.1) is 3.57 Å². The maximum atomic E-state index is 13.5. The molecule has 9 nitrogen and oxygen atoms in total. The molecule has 2 amide bonds. The quantitative estimate of drug-likeness (QED) is 0.0772. The second kappa shape index (κ2) is 16.6. The van der Waals surface area contributed by atoms with Crippen molar-refractivity contribution in [2.75, 3.05) is 19.4 Å². The summed E-state index contributed by atoms with van der Waals surface area (Å²) in [7, 11) is 1.40. The highest BCUT2D eigenvalue weighted by Crippen LogP contribution is 2.18. The van der Waals surface area contributed by atoms with Crippen molar-refractivity contribution in [3.05, 3.63) is 63.2 Å². The van der Waals surface area contributed by atoms with Crippen molar-refractivity contribution in [1.82, 2.24) is 10.6 Å². The molecule has 0 aromatic heterocycles. The van der Waals surface area contributed by atoms with Gasteiger partial charge in [-0.1, -0.05) is 56.2 Å². The van der Waals surface area contributed by atoms with Gasteiger partial charge in [0.15, 0.2) is 5.90 Å². The third-order valence-corrected chi connectivity index (χ3v) is 6.81. The number of carbonyl (C=O) groups excluding carboxylic acids is 2. The first kappa shape index (κ1) is 31.1. The van der Waals surface area contributed by atoms with E-state index in [1.165, 1.54) is 7.11 Å². The van der Waals surface area contributed by atoms with E-state index >= 15 is 0 Å². The first-order valence-electron chi connectivity index (χ1n) is 12.7. The highest BCUT2D eigenvalue weighted by atomic mass is 127. The molecule has 2 aromatic rings. The number of aliphatic imine (C=N–C) groups is 1. The molecule has 0 aliphatic heterocycles. The van der Waals surface area contributed by atoms with Gasteiger partial charge in [-0.25, -0.2) is 4.99 Å². The summed E-state index contributed by atoms with van der Waals surface area (Å²) in [4.78, 5) is 42.2. The molecule has 38 heavy (non-hydrogen) atoms. The minimum absolute atomic E-state index is 0.0512. The fourth-order valence-electron chi connectivity index (χ4n) is 3.76. The summed E-state index contributed by atoms with van der Waals surface area (Å²) < 4.78 is 6.15. The normalized spacial score (nSPS) is 12.9. The molecule has 0 radical (unpaired) electrons. The summed E-state index contributed by atoms with van der Waals surface area (Å²) in [6.07, 6.45) is 3.29. The molecule has 0 bridgehead atoms. The summed E-state index contributed by atoms with van der Waals surface area (Å²) >= 11 is 2.14. The Balaban J connectivity index is 2.30. The van der Waals surface area contributed by atoms with E-state index in [1.54, 1.807) is 6.07 Å². The number of anilines is 1. The summed E-state index contributed by atoms with van der Waals surface area (Å²) in [6, 6.07) is 13.2. The van der Waals surface area contributed by atoms with E-state index in [0.717, 1.165) is 34.0 Å². The SMILES string of the molecule is CCCCCNC(=O)C(Cc1ccc(N)c(I)c1)NC(=O)C(Cc1ccccc1)N=C(CCC(=O)O)OC. The van der Waals surface area contributed by atoms with Crippen LogP contribution in [0.3, 0.4) is 0 Å². The van der Waals surface area contributed by atoms with Gasteiger partial charge >= 0.3 is 5.97 Å². The molecule has 0 heterocycles. The monoisotopic (exact) mass is 636 g/mol. The van der Waals surface area contributed by atoms with Crippen LogP contribution in [0.4, 0.5) is 5.69 Å². The zero-order chi connectivity index (χ0) is 27.9. The number of aliphatic carboxylic acids is 1. The van der Waals surface area contributed by atoms with Crippen molar-refractivity contribution in [2.24, 2.45) is 4.99 Å². The Bertz CT molecular complexity index is 1090. The number of methoxy groups -OCH3 is 1. The molecule has 0 fully saturated rings. The molecular formula is C28H37IN4O5. The third-order valence-electron chi connectivity index (χ3n) is 5.88. The first-order chi connectivity index (χ1) is 18.2. The van der Waals surface area contributed by atoms with Crippen LogP contribution in [0.1, 0.15) is 50.2 Å². The maximum absolute atomic E-state index is 13.5. The number of nitrogens with zero attached hydrogens (tertiary/aromatic N) is 1. The number of nitrogens with one attached hydrogen (secondary N) is 2. The lowest BCUT2D eigenvalue weighted by Crippen LogP contribution is -2.51. The van der Waals surface area contributed by atoms with Crippen LogP contribution in [0.5, 0.6) is 0 Å². The fourth-order valence-corrected chi connectivity index (χ4v) is 4.34. The number of carboxylic acids is 1. The number of hydrogen-bond donors (Lipinski definition) is 4. The summed E-state index contributed by atoms with van der Waals surface area (Å²) in [5.74, 6) is -1.55. The Morgan fingerprint density at radius 3 is 2.39 bits per heavy atom. The average molecular weight is 637 g/mol. The Kier molecular flexibility index (Phi) is 13.6. The molecule has 2 rings (SSSR count). The molecule has 2 aromatic carbocycles. The predicted octanol–water partition coefficient (Wildman–Crippen LogP) is 3.73. The zero-order valence-electron chi connectivity index (χ0n) is 21.9. The molecule has 0 spiro atoms. The number of carboxylic acid groups (broad SMARTS) is 1. The van der Waals surface area contributed by atoms with Crippen molar-refractivity contribution < 1.29 is 24.2 Å². The molecule has 0 saturated heterocycles. The second-order valence-electron chi connectivity index (χ2n) is 8.95. The van der Waals surface area contributed by atoms with Gasteiger partial charge in [-0.15, -0.1) is 0 Å². The van der Waals surface area contributed by atoms with Crippen molar-refractivity contribution in [1.29, 1.82) is 0 Å². The number of unbranched alkanes of at least 4 members (excludes halogenated alkanes) is 2. The van der Waals surface area contributed by atoms with Gasteiger partial charge in [0.25, 0.3) is 0 Å². The number of hydrogen-bond acceptors (Lipinski definition) is 6. The minimum Gasteiger partial charge on any atom is -0.484 e. The van der Waals surface area contributed by atoms with E-state index in [2.05, 4.69) is 45.1 Å². The highest BCUT2D eigenvalue weighted by Gasteiger charge is 2.27. The van der Waals surface area contributed by atoms with Crippen molar-refractivity contribution in [3.8, 4) is 0 Å². The molecule has 5 N–H and O–H groups in total. The second-order valence-corrected chi connectivity index (χ2v) is 10.1. The fraction of sp³-hybridized carbons (Fsp3) is 0.429. The number of rotatable bonds is 15. The molecule has 2 unspecified atom stereocenters. The lowest BCUT2D eigenvalue weighted by Gasteiger charge is -2.22. The minimum atomic E-state index is -0.989. The van der Waals surface area contributed by atoms with E-state index in [-0.39, 0.29) is 37.5 Å². The number of nitrogen functional groups attached to an aromatic ring is 1. The topological polar surface area (TPSA) is 143 Å². The number of benzene rings is 2. The van der Waals surface area contributed by atoms with E-state index < -0.39 is 24.0 Å².